The first-order chi connectivity index (χ1) is 16.3. The van der Waals surface area contributed by atoms with Crippen molar-refractivity contribution in [3.63, 3.8) is 0 Å². The van der Waals surface area contributed by atoms with Gasteiger partial charge in [-0.25, -0.2) is 4.98 Å². The molecule has 0 aliphatic carbocycles. The molecular formula is C25H22N6O2S. The standard InChI is InChI=1S/C25H22N6O2S/c1-31-22(25-28-19-12-9-17(24(26)27)13-20(19)29-25)23(32)21(30-31)16-5-3-14(4-6-16)15-7-10-18(11-8-15)34(2)33/h3-13,32H,1-2H3,(H3,26,27)(H,28,29). The molecule has 0 spiro atoms. The summed E-state index contributed by atoms with van der Waals surface area (Å²) < 4.78 is 13.2. The third-order valence-electron chi connectivity index (χ3n) is 5.72. The molecule has 3 aromatic carbocycles. The van der Waals surface area contributed by atoms with Crippen LogP contribution in [0.3, 0.4) is 0 Å². The number of aromatic hydroxyl groups is 1. The highest BCUT2D eigenvalue weighted by Crippen LogP contribution is 2.37. The maximum Gasteiger partial charge on any atom is 0.173 e. The van der Waals surface area contributed by atoms with Crippen LogP contribution in [0.2, 0.25) is 0 Å². The van der Waals surface area contributed by atoms with Crippen molar-refractivity contribution >= 4 is 27.7 Å². The fraction of sp³-hybridized carbons (Fsp3) is 0.0800. The Hall–Kier alpha value is -4.24. The van der Waals surface area contributed by atoms with E-state index in [1.165, 1.54) is 0 Å². The summed E-state index contributed by atoms with van der Waals surface area (Å²) in [5, 5.41) is 23.2. The fourth-order valence-electron chi connectivity index (χ4n) is 3.92. The Morgan fingerprint density at radius 2 is 1.65 bits per heavy atom. The first kappa shape index (κ1) is 21.6. The Morgan fingerprint density at radius 1 is 1.03 bits per heavy atom. The molecule has 8 nitrogen and oxygen atoms in total. The van der Waals surface area contributed by atoms with E-state index >= 15 is 0 Å². The van der Waals surface area contributed by atoms with Crippen LogP contribution < -0.4 is 5.73 Å². The van der Waals surface area contributed by atoms with Gasteiger partial charge < -0.3 is 15.8 Å². The number of aryl methyl sites for hydroxylation is 1. The molecule has 9 heteroatoms. The number of rotatable bonds is 5. The van der Waals surface area contributed by atoms with E-state index in [0.29, 0.717) is 33.8 Å². The van der Waals surface area contributed by atoms with Crippen LogP contribution in [-0.4, -0.2) is 41.2 Å². The van der Waals surface area contributed by atoms with E-state index < -0.39 is 10.8 Å². The molecule has 0 amide bonds. The predicted octanol–water partition coefficient (Wildman–Crippen LogP) is 4.02. The molecular weight excluding hydrogens is 448 g/mol. The molecule has 5 aromatic rings. The van der Waals surface area contributed by atoms with E-state index in [1.807, 2.05) is 48.5 Å². The van der Waals surface area contributed by atoms with Gasteiger partial charge in [0.05, 0.1) is 11.0 Å². The van der Waals surface area contributed by atoms with E-state index in [4.69, 9.17) is 11.1 Å². The lowest BCUT2D eigenvalue weighted by atomic mass is 10.0. The maximum atomic E-state index is 11.6. The summed E-state index contributed by atoms with van der Waals surface area (Å²) in [5.74, 6) is 0.471. The summed E-state index contributed by atoms with van der Waals surface area (Å²) in [6.45, 7) is 0. The summed E-state index contributed by atoms with van der Waals surface area (Å²) in [5.41, 5.74) is 11.3. The van der Waals surface area contributed by atoms with Crippen molar-refractivity contribution in [1.29, 1.82) is 5.41 Å². The molecule has 1 atom stereocenters. The van der Waals surface area contributed by atoms with Crippen molar-refractivity contribution in [3.8, 4) is 39.7 Å². The quantitative estimate of drug-likeness (QED) is 0.227. The van der Waals surface area contributed by atoms with Crippen molar-refractivity contribution < 1.29 is 9.32 Å². The van der Waals surface area contributed by atoms with Gasteiger partial charge in [-0.15, -0.1) is 0 Å². The van der Waals surface area contributed by atoms with Crippen molar-refractivity contribution in [2.45, 2.75) is 4.90 Å². The highest BCUT2D eigenvalue weighted by Gasteiger charge is 2.21. The van der Waals surface area contributed by atoms with Crippen LogP contribution in [0.5, 0.6) is 5.75 Å². The lowest BCUT2D eigenvalue weighted by molar-refractivity contribution is 0.478. The fourth-order valence-corrected chi connectivity index (χ4v) is 4.44. The molecule has 0 aliphatic heterocycles. The van der Waals surface area contributed by atoms with Gasteiger partial charge in [-0.05, 0) is 41.5 Å². The monoisotopic (exact) mass is 470 g/mol. The first-order valence-corrected chi connectivity index (χ1v) is 12.0. The molecule has 0 saturated carbocycles. The molecule has 0 bridgehead atoms. The zero-order valence-electron chi connectivity index (χ0n) is 18.5. The molecule has 0 fully saturated rings. The first-order valence-electron chi connectivity index (χ1n) is 10.5. The highest BCUT2D eigenvalue weighted by molar-refractivity contribution is 7.84. The smallest absolute Gasteiger partial charge is 0.173 e. The largest absolute Gasteiger partial charge is 0.504 e. The van der Waals surface area contributed by atoms with Crippen LogP contribution in [0.1, 0.15) is 5.56 Å². The Bertz CT molecular complexity index is 1570. The Kier molecular flexibility index (Phi) is 5.25. The van der Waals surface area contributed by atoms with Gasteiger partial charge in [-0.2, -0.15) is 5.10 Å². The lowest BCUT2D eigenvalue weighted by Crippen LogP contribution is -2.10. The molecule has 34 heavy (non-hydrogen) atoms. The lowest BCUT2D eigenvalue weighted by Gasteiger charge is -2.05. The highest BCUT2D eigenvalue weighted by atomic mass is 32.2. The number of fused-ring (bicyclic) bond motifs is 1. The van der Waals surface area contributed by atoms with Gasteiger partial charge in [-0.3, -0.25) is 14.3 Å². The molecule has 5 N–H and O–H groups in total. The minimum Gasteiger partial charge on any atom is -0.504 e. The number of hydrogen-bond acceptors (Lipinski definition) is 5. The van der Waals surface area contributed by atoms with Gasteiger partial charge in [0, 0.05) is 40.1 Å². The Morgan fingerprint density at radius 3 is 2.26 bits per heavy atom. The molecule has 0 aliphatic rings. The third-order valence-corrected chi connectivity index (χ3v) is 6.65. The summed E-state index contributed by atoms with van der Waals surface area (Å²) in [4.78, 5) is 8.55. The predicted molar refractivity (Wildman–Crippen MR) is 134 cm³/mol. The topological polar surface area (TPSA) is 134 Å². The minimum absolute atomic E-state index is 0.0240. The molecule has 0 saturated heterocycles. The third kappa shape index (κ3) is 3.75. The van der Waals surface area contributed by atoms with E-state index in [2.05, 4.69) is 15.1 Å². The van der Waals surface area contributed by atoms with Gasteiger partial charge in [0.25, 0.3) is 0 Å². The molecule has 2 heterocycles. The van der Waals surface area contributed by atoms with Gasteiger partial charge in [0.15, 0.2) is 11.6 Å². The van der Waals surface area contributed by atoms with Gasteiger partial charge in [0.1, 0.15) is 17.2 Å². The van der Waals surface area contributed by atoms with Gasteiger partial charge in [-0.1, -0.05) is 36.4 Å². The number of amidine groups is 1. The normalized spacial score (nSPS) is 12.2. The SMILES string of the molecule is Cn1nc(-c2ccc(-c3ccc(S(C)=O)cc3)cc2)c(O)c1-c1nc2ccc(C(=N)N)cc2[nH]1. The van der Waals surface area contributed by atoms with E-state index in [-0.39, 0.29) is 11.6 Å². The summed E-state index contributed by atoms with van der Waals surface area (Å²) in [7, 11) is 0.740. The molecule has 5 rings (SSSR count). The summed E-state index contributed by atoms with van der Waals surface area (Å²) in [6, 6.07) is 20.6. The number of aromatic amines is 1. The number of aromatic nitrogens is 4. The number of nitrogens with one attached hydrogen (secondary N) is 2. The van der Waals surface area contributed by atoms with Crippen molar-refractivity contribution in [2.24, 2.45) is 12.8 Å². The average molecular weight is 471 g/mol. The second-order valence-electron chi connectivity index (χ2n) is 7.96. The van der Waals surface area contributed by atoms with Crippen LogP contribution >= 0.6 is 0 Å². The number of H-pyrrole nitrogens is 1. The zero-order valence-corrected chi connectivity index (χ0v) is 19.4. The van der Waals surface area contributed by atoms with Crippen molar-refractivity contribution in [1.82, 2.24) is 19.7 Å². The van der Waals surface area contributed by atoms with Crippen molar-refractivity contribution in [2.75, 3.05) is 6.26 Å². The van der Waals surface area contributed by atoms with Crippen molar-refractivity contribution in [3.05, 3.63) is 72.3 Å². The number of benzene rings is 3. The molecule has 2 aromatic heterocycles. The van der Waals surface area contributed by atoms with Crippen LogP contribution in [0.15, 0.2) is 71.6 Å². The Balaban J connectivity index is 1.49. The van der Waals surface area contributed by atoms with E-state index in [1.54, 1.807) is 36.2 Å². The van der Waals surface area contributed by atoms with E-state index in [9.17, 15) is 9.32 Å². The second-order valence-corrected chi connectivity index (χ2v) is 9.34. The van der Waals surface area contributed by atoms with Crippen LogP contribution in [-0.2, 0) is 17.8 Å². The molecule has 0 radical (unpaired) electrons. The number of nitrogen functional groups attached to an aromatic ring is 1. The van der Waals surface area contributed by atoms with Crippen LogP contribution in [0.4, 0.5) is 0 Å². The number of nitrogens with two attached hydrogens (primary N) is 1. The number of nitrogens with zero attached hydrogens (tertiary/aromatic N) is 3. The average Bonchev–Trinajstić information content (AvgIpc) is 3.38. The molecule has 1 unspecified atom stereocenters. The van der Waals surface area contributed by atoms with E-state index in [0.717, 1.165) is 21.6 Å². The van der Waals surface area contributed by atoms with Gasteiger partial charge >= 0.3 is 0 Å². The summed E-state index contributed by atoms with van der Waals surface area (Å²) >= 11 is 0. The minimum atomic E-state index is -1.01. The second kappa shape index (κ2) is 8.27. The maximum absolute atomic E-state index is 11.6. The van der Waals surface area contributed by atoms with Crippen LogP contribution in [0, 0.1) is 5.41 Å². The van der Waals surface area contributed by atoms with Gasteiger partial charge in [0.2, 0.25) is 0 Å². The summed E-state index contributed by atoms with van der Waals surface area (Å²) in [6.07, 6.45) is 1.66. The zero-order chi connectivity index (χ0) is 24.0. The van der Waals surface area contributed by atoms with Crippen LogP contribution in [0.25, 0.3) is 44.9 Å². The Labute approximate surface area is 198 Å². The number of hydrogen-bond donors (Lipinski definition) is 4. The number of imidazole rings is 1. The molecule has 170 valence electrons.